The second-order valence-electron chi connectivity index (χ2n) is 9.23. The van der Waals surface area contributed by atoms with Gasteiger partial charge in [0.25, 0.3) is 0 Å². The number of methoxy groups -OCH3 is 1. The third kappa shape index (κ3) is 5.60. The van der Waals surface area contributed by atoms with Gasteiger partial charge in [-0.15, -0.1) is 5.10 Å². The fraction of sp³-hybridized carbons (Fsp3) is 0.0938. The molecule has 0 aliphatic heterocycles. The molecule has 8 heteroatoms. The van der Waals surface area contributed by atoms with Gasteiger partial charge < -0.3 is 14.5 Å². The standard InChI is InChI=1S/C32H26ClN5O2/c1-39-29-18-25(32-34-30(23-8-4-2-5-9-23)31(35-32)24-10-6-3-7-11-24)14-17-28(29)40-21-27-20-38(37-36-27)19-22-12-15-26(33)16-13-22/h2-18,20H,19,21H2,1H3,(H,34,35). The van der Waals surface area contributed by atoms with Crippen LogP contribution >= 0.6 is 11.6 Å². The number of imidazole rings is 1. The smallest absolute Gasteiger partial charge is 0.161 e. The first-order chi connectivity index (χ1) is 19.7. The Kier molecular flexibility index (Phi) is 7.28. The summed E-state index contributed by atoms with van der Waals surface area (Å²) in [4.78, 5) is 8.52. The summed E-state index contributed by atoms with van der Waals surface area (Å²) in [5.74, 6) is 1.95. The van der Waals surface area contributed by atoms with Gasteiger partial charge in [-0.1, -0.05) is 89.6 Å². The third-order valence-corrected chi connectivity index (χ3v) is 6.72. The van der Waals surface area contributed by atoms with E-state index in [1.165, 1.54) is 0 Å². The van der Waals surface area contributed by atoms with Crippen LogP contribution in [-0.4, -0.2) is 32.1 Å². The first-order valence-electron chi connectivity index (χ1n) is 12.8. The molecule has 6 rings (SSSR count). The van der Waals surface area contributed by atoms with Crippen LogP contribution < -0.4 is 9.47 Å². The molecule has 2 aromatic heterocycles. The summed E-state index contributed by atoms with van der Waals surface area (Å²) in [6.07, 6.45) is 1.87. The average Bonchev–Trinajstić information content (AvgIpc) is 3.66. The summed E-state index contributed by atoms with van der Waals surface area (Å²) in [7, 11) is 1.63. The molecule has 0 saturated carbocycles. The van der Waals surface area contributed by atoms with E-state index in [1.807, 2.05) is 85.1 Å². The molecule has 0 radical (unpaired) electrons. The molecule has 0 atom stereocenters. The number of aromatic amines is 1. The van der Waals surface area contributed by atoms with Gasteiger partial charge in [0.2, 0.25) is 0 Å². The van der Waals surface area contributed by atoms with E-state index in [2.05, 4.69) is 39.6 Å². The van der Waals surface area contributed by atoms with Gasteiger partial charge in [0, 0.05) is 21.7 Å². The van der Waals surface area contributed by atoms with Crippen LogP contribution in [0, 0.1) is 0 Å². The van der Waals surface area contributed by atoms with Gasteiger partial charge in [-0.3, -0.25) is 0 Å². The van der Waals surface area contributed by atoms with Gasteiger partial charge in [0.05, 0.1) is 31.2 Å². The molecular weight excluding hydrogens is 522 g/mol. The lowest BCUT2D eigenvalue weighted by Crippen LogP contribution is -2.00. The molecule has 0 aliphatic carbocycles. The van der Waals surface area contributed by atoms with E-state index in [0.29, 0.717) is 28.8 Å². The van der Waals surface area contributed by atoms with Crippen molar-refractivity contribution in [3.8, 4) is 45.4 Å². The Hall–Kier alpha value is -4.88. The minimum Gasteiger partial charge on any atom is -0.493 e. The van der Waals surface area contributed by atoms with E-state index in [-0.39, 0.29) is 6.61 Å². The van der Waals surface area contributed by atoms with Crippen LogP contribution in [0.5, 0.6) is 11.5 Å². The predicted molar refractivity (Wildman–Crippen MR) is 156 cm³/mol. The van der Waals surface area contributed by atoms with Crippen LogP contribution in [0.15, 0.2) is 109 Å². The number of benzene rings is 4. The summed E-state index contributed by atoms with van der Waals surface area (Å²) >= 11 is 5.98. The highest BCUT2D eigenvalue weighted by molar-refractivity contribution is 6.30. The number of ether oxygens (including phenoxy) is 2. The molecule has 40 heavy (non-hydrogen) atoms. The lowest BCUT2D eigenvalue weighted by atomic mass is 10.1. The highest BCUT2D eigenvalue weighted by atomic mass is 35.5. The van der Waals surface area contributed by atoms with E-state index in [0.717, 1.165) is 39.5 Å². The Bertz CT molecular complexity index is 1660. The molecule has 2 heterocycles. The zero-order valence-electron chi connectivity index (χ0n) is 21.8. The second kappa shape index (κ2) is 11.5. The summed E-state index contributed by atoms with van der Waals surface area (Å²) < 4.78 is 13.5. The van der Waals surface area contributed by atoms with E-state index in [1.54, 1.807) is 11.8 Å². The monoisotopic (exact) mass is 547 g/mol. The van der Waals surface area contributed by atoms with E-state index >= 15 is 0 Å². The van der Waals surface area contributed by atoms with Crippen molar-refractivity contribution in [2.75, 3.05) is 7.11 Å². The topological polar surface area (TPSA) is 77.9 Å². The van der Waals surface area contributed by atoms with Gasteiger partial charge in [-0.2, -0.15) is 0 Å². The zero-order chi connectivity index (χ0) is 27.3. The number of aromatic nitrogens is 5. The van der Waals surface area contributed by atoms with Gasteiger partial charge in [-0.25, -0.2) is 9.67 Å². The zero-order valence-corrected chi connectivity index (χ0v) is 22.5. The first kappa shape index (κ1) is 25.4. The fourth-order valence-electron chi connectivity index (χ4n) is 4.47. The first-order valence-corrected chi connectivity index (χ1v) is 13.2. The number of rotatable bonds is 9. The number of nitrogens with zero attached hydrogens (tertiary/aromatic N) is 4. The van der Waals surface area contributed by atoms with Crippen molar-refractivity contribution in [3.63, 3.8) is 0 Å². The van der Waals surface area contributed by atoms with E-state index in [4.69, 9.17) is 26.1 Å². The quantitative estimate of drug-likeness (QED) is 0.205. The molecule has 0 aliphatic rings. The lowest BCUT2D eigenvalue weighted by molar-refractivity contribution is 0.280. The number of hydrogen-bond donors (Lipinski definition) is 1. The Labute approximate surface area is 237 Å². The van der Waals surface area contributed by atoms with Crippen LogP contribution in [0.2, 0.25) is 5.02 Å². The molecule has 0 amide bonds. The SMILES string of the molecule is COc1cc(-c2nc(-c3ccccc3)c(-c3ccccc3)[nH]2)ccc1OCc1cn(Cc2ccc(Cl)cc2)nn1. The van der Waals surface area contributed by atoms with Crippen LogP contribution in [0.25, 0.3) is 33.9 Å². The average molecular weight is 548 g/mol. The van der Waals surface area contributed by atoms with Crippen LogP contribution in [0.4, 0.5) is 0 Å². The number of H-pyrrole nitrogens is 1. The Morgan fingerprint density at radius 2 is 1.52 bits per heavy atom. The minimum atomic E-state index is 0.257. The minimum absolute atomic E-state index is 0.257. The molecule has 0 saturated heterocycles. The maximum absolute atomic E-state index is 6.06. The molecule has 7 nitrogen and oxygen atoms in total. The van der Waals surface area contributed by atoms with Crippen LogP contribution in [-0.2, 0) is 13.2 Å². The summed E-state index contributed by atoms with van der Waals surface area (Å²) in [6.45, 7) is 0.856. The largest absolute Gasteiger partial charge is 0.493 e. The molecule has 0 fully saturated rings. The molecule has 0 bridgehead atoms. The Morgan fingerprint density at radius 3 is 2.25 bits per heavy atom. The van der Waals surface area contributed by atoms with Crippen molar-refractivity contribution in [2.24, 2.45) is 0 Å². The summed E-state index contributed by atoms with van der Waals surface area (Å²) in [5.41, 5.74) is 6.65. The molecule has 198 valence electrons. The van der Waals surface area contributed by atoms with Crippen molar-refractivity contribution >= 4 is 11.6 Å². The van der Waals surface area contributed by atoms with Crippen molar-refractivity contribution in [2.45, 2.75) is 13.2 Å². The summed E-state index contributed by atoms with van der Waals surface area (Å²) in [5, 5.41) is 9.16. The molecule has 4 aromatic carbocycles. The lowest BCUT2D eigenvalue weighted by Gasteiger charge is -2.10. The van der Waals surface area contributed by atoms with Gasteiger partial charge in [0.15, 0.2) is 11.5 Å². The molecule has 1 N–H and O–H groups in total. The second-order valence-corrected chi connectivity index (χ2v) is 9.67. The van der Waals surface area contributed by atoms with Crippen LogP contribution in [0.3, 0.4) is 0 Å². The fourth-order valence-corrected chi connectivity index (χ4v) is 4.60. The van der Waals surface area contributed by atoms with Gasteiger partial charge in [-0.05, 0) is 35.9 Å². The highest BCUT2D eigenvalue weighted by Crippen LogP contribution is 2.36. The third-order valence-electron chi connectivity index (χ3n) is 6.47. The predicted octanol–water partition coefficient (Wildman–Crippen LogP) is 7.29. The number of nitrogens with one attached hydrogen (secondary N) is 1. The van der Waals surface area contributed by atoms with E-state index < -0.39 is 0 Å². The maximum Gasteiger partial charge on any atom is 0.161 e. The van der Waals surface area contributed by atoms with Crippen LogP contribution in [0.1, 0.15) is 11.3 Å². The maximum atomic E-state index is 6.06. The van der Waals surface area contributed by atoms with Gasteiger partial charge in [0.1, 0.15) is 18.1 Å². The van der Waals surface area contributed by atoms with Crippen molar-refractivity contribution in [3.05, 3.63) is 126 Å². The van der Waals surface area contributed by atoms with Crippen molar-refractivity contribution in [1.29, 1.82) is 0 Å². The van der Waals surface area contributed by atoms with Gasteiger partial charge >= 0.3 is 0 Å². The highest BCUT2D eigenvalue weighted by Gasteiger charge is 2.17. The molecule has 6 aromatic rings. The summed E-state index contributed by atoms with van der Waals surface area (Å²) in [6, 6.07) is 33.8. The molecular formula is C32H26ClN5O2. The van der Waals surface area contributed by atoms with E-state index in [9.17, 15) is 0 Å². The molecule has 0 unspecified atom stereocenters. The molecule has 0 spiro atoms. The Morgan fingerprint density at radius 1 is 0.800 bits per heavy atom. The van der Waals surface area contributed by atoms with Crippen molar-refractivity contribution in [1.82, 2.24) is 25.0 Å². The number of hydrogen-bond acceptors (Lipinski definition) is 5. The number of halogens is 1. The normalized spacial score (nSPS) is 10.9. The van der Waals surface area contributed by atoms with Crippen molar-refractivity contribution < 1.29 is 9.47 Å². The Balaban J connectivity index is 1.22.